The van der Waals surface area contributed by atoms with Crippen molar-refractivity contribution in [1.82, 2.24) is 4.57 Å². The van der Waals surface area contributed by atoms with Crippen LogP contribution in [-0.2, 0) is 13.2 Å². The standard InChI is InChI=1S/C19H12Cl2F3NO2/c1-25-9-14(11-3-2-4-12(7-11)19(22,23)24)18(26)17(10-25)27-13-5-6-15(20)16(21)8-13/h2-10H,1H3. The molecular formula is C19H12Cl2F3NO2. The van der Waals surface area contributed by atoms with Crippen molar-refractivity contribution in [3.63, 3.8) is 0 Å². The van der Waals surface area contributed by atoms with Gasteiger partial charge in [0.05, 0.1) is 21.8 Å². The van der Waals surface area contributed by atoms with E-state index in [1.165, 1.54) is 47.3 Å². The fraction of sp³-hybridized carbons (Fsp3) is 0.105. The van der Waals surface area contributed by atoms with Crippen molar-refractivity contribution in [1.29, 1.82) is 0 Å². The van der Waals surface area contributed by atoms with Gasteiger partial charge in [-0.05, 0) is 29.8 Å². The van der Waals surface area contributed by atoms with Gasteiger partial charge in [0.1, 0.15) is 5.75 Å². The maximum Gasteiger partial charge on any atom is 0.416 e. The smallest absolute Gasteiger partial charge is 0.416 e. The Kier molecular flexibility index (Phi) is 5.22. The van der Waals surface area contributed by atoms with E-state index < -0.39 is 17.2 Å². The van der Waals surface area contributed by atoms with E-state index in [9.17, 15) is 18.0 Å². The third-order valence-electron chi connectivity index (χ3n) is 3.74. The van der Waals surface area contributed by atoms with E-state index in [1.807, 2.05) is 0 Å². The first-order chi connectivity index (χ1) is 12.6. The first kappa shape index (κ1) is 19.3. The molecule has 0 saturated carbocycles. The summed E-state index contributed by atoms with van der Waals surface area (Å²) >= 11 is 11.8. The summed E-state index contributed by atoms with van der Waals surface area (Å²) in [5.74, 6) is 0.230. The summed E-state index contributed by atoms with van der Waals surface area (Å²) < 4.78 is 46.0. The summed E-state index contributed by atoms with van der Waals surface area (Å²) in [7, 11) is 1.64. The third-order valence-corrected chi connectivity index (χ3v) is 4.48. The number of ether oxygens (including phenoxy) is 1. The van der Waals surface area contributed by atoms with E-state index in [-0.39, 0.29) is 27.6 Å². The lowest BCUT2D eigenvalue weighted by atomic mass is 10.0. The Morgan fingerprint density at radius 2 is 1.74 bits per heavy atom. The number of rotatable bonds is 3. The maximum absolute atomic E-state index is 13.0. The Labute approximate surface area is 162 Å². The number of nitrogens with zero attached hydrogens (tertiary/aromatic N) is 1. The average Bonchev–Trinajstić information content (AvgIpc) is 2.60. The van der Waals surface area contributed by atoms with Crippen LogP contribution < -0.4 is 10.2 Å². The van der Waals surface area contributed by atoms with Gasteiger partial charge in [-0.2, -0.15) is 13.2 Å². The molecule has 27 heavy (non-hydrogen) atoms. The number of pyridine rings is 1. The van der Waals surface area contributed by atoms with Gasteiger partial charge in [-0.15, -0.1) is 0 Å². The molecule has 0 N–H and O–H groups in total. The van der Waals surface area contributed by atoms with Crippen LogP contribution in [0, 0.1) is 0 Å². The molecule has 1 heterocycles. The van der Waals surface area contributed by atoms with Gasteiger partial charge in [0.25, 0.3) is 0 Å². The van der Waals surface area contributed by atoms with Gasteiger partial charge in [-0.25, -0.2) is 0 Å². The molecule has 0 atom stereocenters. The summed E-state index contributed by atoms with van der Waals surface area (Å²) in [5.41, 5.74) is -1.15. The first-order valence-corrected chi connectivity index (χ1v) is 8.41. The molecule has 3 nitrogen and oxygen atoms in total. The number of benzene rings is 2. The van der Waals surface area contributed by atoms with E-state index in [0.717, 1.165) is 12.1 Å². The molecule has 0 bridgehead atoms. The van der Waals surface area contributed by atoms with Gasteiger partial charge >= 0.3 is 6.18 Å². The van der Waals surface area contributed by atoms with Crippen molar-refractivity contribution in [3.8, 4) is 22.6 Å². The Balaban J connectivity index is 2.06. The average molecular weight is 414 g/mol. The molecule has 1 aromatic heterocycles. The molecule has 140 valence electrons. The monoisotopic (exact) mass is 413 g/mol. The van der Waals surface area contributed by atoms with Crippen LogP contribution in [0.4, 0.5) is 13.2 Å². The molecule has 0 saturated heterocycles. The molecule has 0 unspecified atom stereocenters. The topological polar surface area (TPSA) is 31.2 Å². The van der Waals surface area contributed by atoms with Crippen molar-refractivity contribution in [3.05, 3.63) is 80.7 Å². The highest BCUT2D eigenvalue weighted by atomic mass is 35.5. The van der Waals surface area contributed by atoms with Gasteiger partial charge < -0.3 is 9.30 Å². The van der Waals surface area contributed by atoms with Gasteiger partial charge in [0.15, 0.2) is 5.75 Å². The Morgan fingerprint density at radius 1 is 1.00 bits per heavy atom. The maximum atomic E-state index is 13.0. The number of alkyl halides is 3. The minimum Gasteiger partial charge on any atom is -0.452 e. The van der Waals surface area contributed by atoms with Crippen molar-refractivity contribution in [2.45, 2.75) is 6.18 Å². The summed E-state index contributed by atoms with van der Waals surface area (Å²) in [4.78, 5) is 12.8. The molecular weight excluding hydrogens is 402 g/mol. The molecule has 3 aromatic rings. The first-order valence-electron chi connectivity index (χ1n) is 7.66. The number of hydrogen-bond acceptors (Lipinski definition) is 2. The second-order valence-corrected chi connectivity index (χ2v) is 6.60. The van der Waals surface area contributed by atoms with Crippen molar-refractivity contribution >= 4 is 23.2 Å². The number of halogens is 5. The van der Waals surface area contributed by atoms with Crippen LogP contribution >= 0.6 is 23.2 Å². The van der Waals surface area contributed by atoms with Crippen LogP contribution in [0.25, 0.3) is 11.1 Å². The van der Waals surface area contributed by atoms with Gasteiger partial charge in [-0.1, -0.05) is 35.3 Å². The zero-order valence-corrected chi connectivity index (χ0v) is 15.4. The highest BCUT2D eigenvalue weighted by Crippen LogP contribution is 2.32. The summed E-state index contributed by atoms with van der Waals surface area (Å²) in [6.07, 6.45) is -1.63. The highest BCUT2D eigenvalue weighted by Gasteiger charge is 2.30. The Bertz CT molecular complexity index is 1060. The molecule has 0 aliphatic rings. The molecule has 0 spiro atoms. The van der Waals surface area contributed by atoms with Gasteiger partial charge in [0.2, 0.25) is 5.43 Å². The quantitative estimate of drug-likeness (QED) is 0.513. The molecule has 0 aliphatic carbocycles. The fourth-order valence-electron chi connectivity index (χ4n) is 2.48. The van der Waals surface area contributed by atoms with E-state index >= 15 is 0 Å². The second-order valence-electron chi connectivity index (χ2n) is 5.79. The summed E-state index contributed by atoms with van der Waals surface area (Å²) in [5, 5.41) is 0.578. The minimum absolute atomic E-state index is 0.0502. The van der Waals surface area contributed by atoms with E-state index in [1.54, 1.807) is 7.05 Å². The van der Waals surface area contributed by atoms with Crippen LogP contribution in [0.3, 0.4) is 0 Å². The molecule has 8 heteroatoms. The molecule has 2 aromatic carbocycles. The zero-order chi connectivity index (χ0) is 19.8. The van der Waals surface area contributed by atoms with Gasteiger partial charge in [-0.3, -0.25) is 4.79 Å². The lowest BCUT2D eigenvalue weighted by Crippen LogP contribution is -2.12. The predicted molar refractivity (Wildman–Crippen MR) is 98.7 cm³/mol. The number of aromatic nitrogens is 1. The highest BCUT2D eigenvalue weighted by molar-refractivity contribution is 6.42. The summed E-state index contributed by atoms with van der Waals surface area (Å²) in [6, 6.07) is 9.06. The zero-order valence-electron chi connectivity index (χ0n) is 13.8. The number of aryl methyl sites for hydroxylation is 1. The summed E-state index contributed by atoms with van der Waals surface area (Å²) in [6.45, 7) is 0. The van der Waals surface area contributed by atoms with E-state index in [2.05, 4.69) is 0 Å². The largest absolute Gasteiger partial charge is 0.452 e. The molecule has 3 rings (SSSR count). The Morgan fingerprint density at radius 3 is 2.41 bits per heavy atom. The lowest BCUT2D eigenvalue weighted by Gasteiger charge is -2.12. The lowest BCUT2D eigenvalue weighted by molar-refractivity contribution is -0.137. The van der Waals surface area contributed by atoms with Crippen LogP contribution in [0.2, 0.25) is 10.0 Å². The molecule has 0 radical (unpaired) electrons. The molecule has 0 amide bonds. The minimum atomic E-state index is -4.50. The van der Waals surface area contributed by atoms with E-state index in [4.69, 9.17) is 27.9 Å². The van der Waals surface area contributed by atoms with Crippen LogP contribution in [-0.4, -0.2) is 4.57 Å². The molecule has 0 fully saturated rings. The third kappa shape index (κ3) is 4.28. The van der Waals surface area contributed by atoms with Crippen LogP contribution in [0.1, 0.15) is 5.56 Å². The van der Waals surface area contributed by atoms with Crippen LogP contribution in [0.15, 0.2) is 59.7 Å². The van der Waals surface area contributed by atoms with Crippen molar-refractivity contribution in [2.24, 2.45) is 7.05 Å². The van der Waals surface area contributed by atoms with Crippen molar-refractivity contribution < 1.29 is 17.9 Å². The molecule has 0 aliphatic heterocycles. The SMILES string of the molecule is Cn1cc(Oc2ccc(Cl)c(Cl)c2)c(=O)c(-c2cccc(C(F)(F)F)c2)c1. The van der Waals surface area contributed by atoms with Crippen molar-refractivity contribution in [2.75, 3.05) is 0 Å². The normalized spacial score (nSPS) is 11.5. The Hall–Kier alpha value is -2.44. The van der Waals surface area contributed by atoms with Crippen LogP contribution in [0.5, 0.6) is 11.5 Å². The van der Waals surface area contributed by atoms with Gasteiger partial charge in [0, 0.05) is 24.9 Å². The van der Waals surface area contributed by atoms with E-state index in [0.29, 0.717) is 5.02 Å². The predicted octanol–water partition coefficient (Wildman–Crippen LogP) is 6.17. The number of hydrogen-bond donors (Lipinski definition) is 0. The second kappa shape index (κ2) is 7.29. The fourth-order valence-corrected chi connectivity index (χ4v) is 2.77.